The van der Waals surface area contributed by atoms with Gasteiger partial charge in [0, 0.05) is 31.4 Å². The quantitative estimate of drug-likeness (QED) is 0.831. The van der Waals surface area contributed by atoms with Crippen LogP contribution in [-0.2, 0) is 11.3 Å². The first-order valence-electron chi connectivity index (χ1n) is 5.47. The molecule has 88 valence electrons. The third kappa shape index (κ3) is 2.80. The van der Waals surface area contributed by atoms with Crippen molar-refractivity contribution in [1.82, 2.24) is 9.88 Å². The smallest absolute Gasteiger partial charge is 0.303 e. The highest BCUT2D eigenvalue weighted by atomic mass is 16.4. The van der Waals surface area contributed by atoms with E-state index in [4.69, 9.17) is 10.4 Å². The van der Waals surface area contributed by atoms with Crippen LogP contribution >= 0.6 is 0 Å². The summed E-state index contributed by atoms with van der Waals surface area (Å²) in [5.41, 5.74) is 1.36. The Kier molecular flexibility index (Phi) is 3.35. The van der Waals surface area contributed by atoms with Crippen LogP contribution in [0.1, 0.15) is 17.7 Å². The van der Waals surface area contributed by atoms with E-state index in [1.165, 1.54) is 0 Å². The van der Waals surface area contributed by atoms with Gasteiger partial charge in [-0.25, -0.2) is 4.98 Å². The van der Waals surface area contributed by atoms with E-state index in [0.29, 0.717) is 12.2 Å². The Morgan fingerprint density at radius 2 is 2.41 bits per heavy atom. The average molecular weight is 231 g/mol. The van der Waals surface area contributed by atoms with Crippen molar-refractivity contribution < 1.29 is 9.90 Å². The second kappa shape index (κ2) is 4.93. The van der Waals surface area contributed by atoms with E-state index < -0.39 is 5.97 Å². The van der Waals surface area contributed by atoms with Crippen molar-refractivity contribution >= 4 is 5.97 Å². The highest BCUT2D eigenvalue weighted by Crippen LogP contribution is 2.21. The molecule has 1 aliphatic rings. The van der Waals surface area contributed by atoms with Crippen LogP contribution in [-0.4, -0.2) is 34.0 Å². The fourth-order valence-corrected chi connectivity index (χ4v) is 2.09. The molecule has 1 fully saturated rings. The number of nitriles is 1. The first-order chi connectivity index (χ1) is 8.19. The Hall–Kier alpha value is -1.93. The van der Waals surface area contributed by atoms with E-state index in [2.05, 4.69) is 16.0 Å². The van der Waals surface area contributed by atoms with E-state index in [1.807, 2.05) is 12.1 Å². The lowest BCUT2D eigenvalue weighted by Gasteiger charge is -2.38. The monoisotopic (exact) mass is 231 g/mol. The molecule has 1 aromatic rings. The lowest BCUT2D eigenvalue weighted by Crippen LogP contribution is -2.46. The Labute approximate surface area is 99.3 Å². The van der Waals surface area contributed by atoms with E-state index in [1.54, 1.807) is 6.20 Å². The molecule has 0 spiro atoms. The topological polar surface area (TPSA) is 77.2 Å². The number of aromatic nitrogens is 1. The number of carboxylic acid groups (broad SMARTS) is 1. The van der Waals surface area contributed by atoms with Gasteiger partial charge in [0.25, 0.3) is 0 Å². The van der Waals surface area contributed by atoms with Crippen molar-refractivity contribution in [2.24, 2.45) is 5.92 Å². The molecule has 0 amide bonds. The maximum atomic E-state index is 10.5. The Morgan fingerprint density at radius 3 is 3.06 bits per heavy atom. The molecule has 5 heteroatoms. The van der Waals surface area contributed by atoms with E-state index >= 15 is 0 Å². The number of hydrogen-bond donors (Lipinski definition) is 1. The number of carboxylic acids is 1. The van der Waals surface area contributed by atoms with Crippen molar-refractivity contribution in [2.75, 3.05) is 13.1 Å². The molecule has 0 radical (unpaired) electrons. The van der Waals surface area contributed by atoms with Crippen molar-refractivity contribution in [3.8, 4) is 6.07 Å². The summed E-state index contributed by atoms with van der Waals surface area (Å²) in [7, 11) is 0. The standard InChI is InChI=1S/C12H13N3O2/c13-5-11-10(2-1-3-14-11)8-15-6-9(7-15)4-12(16)17/h1-3,9H,4,6-8H2,(H,16,17). The van der Waals surface area contributed by atoms with Gasteiger partial charge in [-0.05, 0) is 12.0 Å². The van der Waals surface area contributed by atoms with Gasteiger partial charge in [-0.15, -0.1) is 0 Å². The van der Waals surface area contributed by atoms with Crippen molar-refractivity contribution in [2.45, 2.75) is 13.0 Å². The lowest BCUT2D eigenvalue weighted by molar-refractivity contribution is -0.139. The maximum Gasteiger partial charge on any atom is 0.303 e. The summed E-state index contributed by atoms with van der Waals surface area (Å²) in [4.78, 5) is 16.6. The fourth-order valence-electron chi connectivity index (χ4n) is 2.09. The van der Waals surface area contributed by atoms with Gasteiger partial charge in [0.2, 0.25) is 0 Å². The molecule has 1 saturated heterocycles. The second-order valence-electron chi connectivity index (χ2n) is 4.28. The van der Waals surface area contributed by atoms with Crippen molar-refractivity contribution in [3.05, 3.63) is 29.6 Å². The normalized spacial score (nSPS) is 16.2. The van der Waals surface area contributed by atoms with E-state index in [-0.39, 0.29) is 12.3 Å². The van der Waals surface area contributed by atoms with Crippen LogP contribution in [0.3, 0.4) is 0 Å². The van der Waals surface area contributed by atoms with Gasteiger partial charge in [-0.2, -0.15) is 5.26 Å². The van der Waals surface area contributed by atoms with Crippen molar-refractivity contribution in [3.63, 3.8) is 0 Å². The highest BCUT2D eigenvalue weighted by Gasteiger charge is 2.28. The molecule has 0 unspecified atom stereocenters. The molecule has 17 heavy (non-hydrogen) atoms. The summed E-state index contributed by atoms with van der Waals surface area (Å²) in [5.74, 6) is -0.497. The van der Waals surface area contributed by atoms with Crippen LogP contribution in [0.4, 0.5) is 0 Å². The Balaban J connectivity index is 1.88. The highest BCUT2D eigenvalue weighted by molar-refractivity contribution is 5.67. The minimum atomic E-state index is -0.742. The third-order valence-corrected chi connectivity index (χ3v) is 2.89. The lowest BCUT2D eigenvalue weighted by atomic mass is 9.95. The van der Waals surface area contributed by atoms with Crippen LogP contribution < -0.4 is 0 Å². The third-order valence-electron chi connectivity index (χ3n) is 2.89. The predicted molar refractivity (Wildman–Crippen MR) is 60.0 cm³/mol. The first-order valence-corrected chi connectivity index (χ1v) is 5.47. The van der Waals surface area contributed by atoms with Gasteiger partial charge >= 0.3 is 5.97 Å². The molecular formula is C12H13N3O2. The van der Waals surface area contributed by atoms with E-state index in [0.717, 1.165) is 18.7 Å². The van der Waals surface area contributed by atoms with Gasteiger partial charge in [0.1, 0.15) is 11.8 Å². The molecule has 5 nitrogen and oxygen atoms in total. The number of hydrogen-bond acceptors (Lipinski definition) is 4. The zero-order chi connectivity index (χ0) is 12.3. The molecule has 0 bridgehead atoms. The molecule has 1 N–H and O–H groups in total. The van der Waals surface area contributed by atoms with Gasteiger partial charge in [-0.1, -0.05) is 6.07 Å². The molecule has 0 aromatic carbocycles. The number of pyridine rings is 1. The number of carbonyl (C=O) groups is 1. The zero-order valence-electron chi connectivity index (χ0n) is 9.33. The number of rotatable bonds is 4. The minimum absolute atomic E-state index is 0.231. The fraction of sp³-hybridized carbons (Fsp3) is 0.417. The number of likely N-dealkylation sites (tertiary alicyclic amines) is 1. The molecular weight excluding hydrogens is 218 g/mol. The summed E-state index contributed by atoms with van der Waals surface area (Å²) in [6.07, 6.45) is 1.83. The molecule has 0 saturated carbocycles. The minimum Gasteiger partial charge on any atom is -0.481 e. The Morgan fingerprint density at radius 1 is 1.65 bits per heavy atom. The number of nitrogens with zero attached hydrogens (tertiary/aromatic N) is 3. The van der Waals surface area contributed by atoms with Gasteiger partial charge in [0.15, 0.2) is 0 Å². The molecule has 0 atom stereocenters. The number of aliphatic carboxylic acids is 1. The second-order valence-corrected chi connectivity index (χ2v) is 4.28. The molecule has 1 aliphatic heterocycles. The maximum absolute atomic E-state index is 10.5. The van der Waals surface area contributed by atoms with Gasteiger partial charge < -0.3 is 5.11 Å². The zero-order valence-corrected chi connectivity index (χ0v) is 9.33. The molecule has 2 heterocycles. The largest absolute Gasteiger partial charge is 0.481 e. The summed E-state index contributed by atoms with van der Waals surface area (Å²) in [6.45, 7) is 2.24. The molecule has 2 rings (SSSR count). The first kappa shape index (κ1) is 11.6. The van der Waals surface area contributed by atoms with Crippen LogP contribution in [0, 0.1) is 17.2 Å². The molecule has 0 aliphatic carbocycles. The van der Waals surface area contributed by atoms with Crippen molar-refractivity contribution in [1.29, 1.82) is 5.26 Å². The van der Waals surface area contributed by atoms with E-state index in [9.17, 15) is 4.79 Å². The summed E-state index contributed by atoms with van der Waals surface area (Å²) >= 11 is 0. The van der Waals surface area contributed by atoms with Gasteiger partial charge in [0.05, 0.1) is 6.42 Å². The summed E-state index contributed by atoms with van der Waals surface area (Å²) in [5, 5.41) is 17.5. The van der Waals surface area contributed by atoms with Crippen LogP contribution in [0.5, 0.6) is 0 Å². The van der Waals surface area contributed by atoms with Crippen LogP contribution in [0.2, 0.25) is 0 Å². The average Bonchev–Trinajstić information content (AvgIpc) is 2.26. The Bertz CT molecular complexity index is 461. The predicted octanol–water partition coefficient (Wildman–Crippen LogP) is 0.860. The summed E-state index contributed by atoms with van der Waals surface area (Å²) < 4.78 is 0. The SMILES string of the molecule is N#Cc1ncccc1CN1CC(CC(=O)O)C1. The van der Waals surface area contributed by atoms with Gasteiger partial charge in [-0.3, -0.25) is 9.69 Å². The van der Waals surface area contributed by atoms with Crippen LogP contribution in [0.15, 0.2) is 18.3 Å². The summed E-state index contributed by atoms with van der Waals surface area (Å²) in [6, 6.07) is 5.76. The van der Waals surface area contributed by atoms with Crippen LogP contribution in [0.25, 0.3) is 0 Å². The molecule has 1 aromatic heterocycles.